The van der Waals surface area contributed by atoms with Gasteiger partial charge in [-0.05, 0) is 41.3 Å². The molecule has 0 fully saturated rings. The van der Waals surface area contributed by atoms with Gasteiger partial charge in [-0.25, -0.2) is 10.3 Å². The maximum absolute atomic E-state index is 12.4. The molecule has 1 aromatic heterocycles. The molecule has 1 aliphatic carbocycles. The smallest absolute Gasteiger partial charge is 0.338 e. The van der Waals surface area contributed by atoms with E-state index in [1.165, 1.54) is 10.9 Å². The lowest BCUT2D eigenvalue weighted by molar-refractivity contribution is -0.132. The van der Waals surface area contributed by atoms with Crippen LogP contribution in [0.15, 0.2) is 85.1 Å². The van der Waals surface area contributed by atoms with Crippen molar-refractivity contribution in [1.82, 2.24) is 15.4 Å². The zero-order valence-corrected chi connectivity index (χ0v) is 20.9. The van der Waals surface area contributed by atoms with Crippen molar-refractivity contribution in [2.24, 2.45) is 5.92 Å². The second-order valence-corrected chi connectivity index (χ2v) is 9.35. The van der Waals surface area contributed by atoms with Crippen LogP contribution in [0.3, 0.4) is 0 Å². The summed E-state index contributed by atoms with van der Waals surface area (Å²) in [6.45, 7) is 2.35. The molecular weight excluding hydrogens is 478 g/mol. The summed E-state index contributed by atoms with van der Waals surface area (Å²) >= 11 is 0. The molecule has 7 heteroatoms. The lowest BCUT2D eigenvalue weighted by atomic mass is 9.79. The van der Waals surface area contributed by atoms with Gasteiger partial charge in [0.15, 0.2) is 0 Å². The first-order chi connectivity index (χ1) is 18.6. The molecule has 2 atom stereocenters. The number of aromatic nitrogens is 1. The monoisotopic (exact) mass is 507 g/mol. The molecule has 0 aliphatic heterocycles. The summed E-state index contributed by atoms with van der Waals surface area (Å²) in [5, 5.41) is 10.1. The molecular formula is C31H29N3O4. The molecule has 3 N–H and O–H groups in total. The van der Waals surface area contributed by atoms with Gasteiger partial charge in [-0.1, -0.05) is 72.5 Å². The molecule has 38 heavy (non-hydrogen) atoms. The van der Waals surface area contributed by atoms with Gasteiger partial charge in [0.2, 0.25) is 0 Å². The van der Waals surface area contributed by atoms with E-state index < -0.39 is 11.8 Å². The first-order valence-electron chi connectivity index (χ1n) is 12.7. The van der Waals surface area contributed by atoms with Crippen molar-refractivity contribution >= 4 is 22.8 Å². The van der Waals surface area contributed by atoms with E-state index >= 15 is 0 Å². The lowest BCUT2D eigenvalue weighted by Crippen LogP contribution is -2.34. The standard InChI is InChI=1S/C31H29N3O4/c35-30(33-37)28-15-14-26(28)23-12-10-22(11-13-23)21-34(18-19-38-31(36)24-6-2-1-3-7-24)17-16-25-20-32-29-9-5-4-8-27(25)29/h1-13,20,26,28,32,37H,16-19,21H2,(H,33,35). The second kappa shape index (κ2) is 11.8. The van der Waals surface area contributed by atoms with Crippen molar-refractivity contribution in [3.8, 4) is 11.8 Å². The average Bonchev–Trinajstić information content (AvgIpc) is 3.35. The summed E-state index contributed by atoms with van der Waals surface area (Å²) in [5.41, 5.74) is 6.66. The first-order valence-corrected chi connectivity index (χ1v) is 12.7. The summed E-state index contributed by atoms with van der Waals surface area (Å²) in [6, 6.07) is 25.3. The molecule has 2 unspecified atom stereocenters. The van der Waals surface area contributed by atoms with E-state index in [1.807, 2.05) is 54.6 Å². The van der Waals surface area contributed by atoms with Gasteiger partial charge in [-0.2, -0.15) is 0 Å². The van der Waals surface area contributed by atoms with Crippen LogP contribution in [0.2, 0.25) is 0 Å². The van der Waals surface area contributed by atoms with Crippen molar-refractivity contribution in [2.75, 3.05) is 19.7 Å². The number of hydroxylamine groups is 1. The Morgan fingerprint density at radius 3 is 2.45 bits per heavy atom. The third kappa shape index (κ3) is 5.78. The van der Waals surface area contributed by atoms with E-state index in [1.54, 1.807) is 17.6 Å². The van der Waals surface area contributed by atoms with Crippen molar-refractivity contribution in [2.45, 2.75) is 18.9 Å². The highest BCUT2D eigenvalue weighted by molar-refractivity contribution is 5.89. The molecule has 0 radical (unpaired) electrons. The Morgan fingerprint density at radius 1 is 0.947 bits per heavy atom. The quantitative estimate of drug-likeness (QED) is 0.122. The predicted molar refractivity (Wildman–Crippen MR) is 144 cm³/mol. The number of nitrogens with zero attached hydrogens (tertiary/aromatic N) is 1. The lowest BCUT2D eigenvalue weighted by Gasteiger charge is -2.24. The zero-order valence-electron chi connectivity index (χ0n) is 20.9. The fourth-order valence-corrected chi connectivity index (χ4v) is 4.71. The number of rotatable bonds is 11. The highest BCUT2D eigenvalue weighted by atomic mass is 16.5. The molecule has 3 aromatic carbocycles. The Morgan fingerprint density at radius 2 is 1.71 bits per heavy atom. The van der Waals surface area contributed by atoms with Crippen LogP contribution in [-0.4, -0.2) is 46.7 Å². The summed E-state index contributed by atoms with van der Waals surface area (Å²) in [6.07, 6.45) is 2.91. The molecule has 7 nitrogen and oxygen atoms in total. The minimum atomic E-state index is -0.530. The second-order valence-electron chi connectivity index (χ2n) is 9.35. The number of carbonyl (C=O) groups is 2. The third-order valence-electron chi connectivity index (χ3n) is 6.89. The summed E-state index contributed by atoms with van der Waals surface area (Å²) < 4.78 is 5.56. The molecule has 1 heterocycles. The van der Waals surface area contributed by atoms with E-state index in [9.17, 15) is 9.59 Å². The number of amides is 1. The number of nitrogens with one attached hydrogen (secondary N) is 2. The number of benzene rings is 3. The summed E-state index contributed by atoms with van der Waals surface area (Å²) in [7, 11) is 0. The number of para-hydroxylation sites is 1. The number of fused-ring (bicyclic) bond motifs is 1. The number of carbonyl (C=O) groups excluding carboxylic acids is 2. The third-order valence-corrected chi connectivity index (χ3v) is 6.89. The molecule has 4 aromatic rings. The molecule has 0 spiro atoms. The molecule has 192 valence electrons. The minimum absolute atomic E-state index is 0.216. The van der Waals surface area contributed by atoms with Crippen molar-refractivity contribution < 1.29 is 19.5 Å². The van der Waals surface area contributed by atoms with Gasteiger partial charge >= 0.3 is 5.97 Å². The zero-order chi connectivity index (χ0) is 26.3. The van der Waals surface area contributed by atoms with Gasteiger partial charge in [0, 0.05) is 36.7 Å². The van der Waals surface area contributed by atoms with E-state index in [4.69, 9.17) is 9.94 Å². The maximum Gasteiger partial charge on any atom is 0.338 e. The largest absolute Gasteiger partial charge is 0.461 e. The van der Waals surface area contributed by atoms with Crippen LogP contribution < -0.4 is 5.48 Å². The van der Waals surface area contributed by atoms with Crippen LogP contribution in [-0.2, 0) is 22.5 Å². The predicted octanol–water partition coefficient (Wildman–Crippen LogP) is 4.29. The van der Waals surface area contributed by atoms with Gasteiger partial charge in [-0.3, -0.25) is 14.9 Å². The van der Waals surface area contributed by atoms with Crippen LogP contribution in [0.25, 0.3) is 10.9 Å². The minimum Gasteiger partial charge on any atom is -0.461 e. The fraction of sp³-hybridized carbons (Fsp3) is 0.226. The molecule has 0 bridgehead atoms. The van der Waals surface area contributed by atoms with Gasteiger partial charge in [0.25, 0.3) is 5.91 Å². The topological polar surface area (TPSA) is 94.7 Å². The number of H-pyrrole nitrogens is 1. The van der Waals surface area contributed by atoms with Crippen molar-refractivity contribution in [1.29, 1.82) is 0 Å². The van der Waals surface area contributed by atoms with Crippen LogP contribution >= 0.6 is 0 Å². The normalized spacial score (nSPS) is 15.9. The Hall–Kier alpha value is -4.38. The number of esters is 1. The Bertz CT molecular complexity index is 1470. The summed E-state index contributed by atoms with van der Waals surface area (Å²) in [5.74, 6) is 4.26. The molecule has 1 aliphatic rings. The van der Waals surface area contributed by atoms with Crippen LogP contribution in [0.5, 0.6) is 0 Å². The van der Waals surface area contributed by atoms with Gasteiger partial charge in [0.1, 0.15) is 12.5 Å². The van der Waals surface area contributed by atoms with E-state index in [0.29, 0.717) is 18.7 Å². The molecule has 5 rings (SSSR count). The molecule has 0 saturated carbocycles. The van der Waals surface area contributed by atoms with Gasteiger partial charge in [-0.15, -0.1) is 0 Å². The van der Waals surface area contributed by atoms with Crippen molar-refractivity contribution in [3.63, 3.8) is 0 Å². The molecule has 0 saturated heterocycles. The van der Waals surface area contributed by atoms with Crippen molar-refractivity contribution in [3.05, 3.63) is 107 Å². The van der Waals surface area contributed by atoms with Gasteiger partial charge in [0.05, 0.1) is 11.5 Å². The van der Waals surface area contributed by atoms with Crippen LogP contribution in [0.1, 0.15) is 33.0 Å². The Kier molecular flexibility index (Phi) is 7.84. The number of hydrogen-bond donors (Lipinski definition) is 3. The first kappa shape index (κ1) is 25.3. The maximum atomic E-state index is 12.4. The number of ether oxygens (including phenoxy) is 1. The van der Waals surface area contributed by atoms with Gasteiger partial charge < -0.3 is 9.72 Å². The Labute approximate surface area is 221 Å². The van der Waals surface area contributed by atoms with Crippen LogP contribution in [0, 0.1) is 17.8 Å². The SMILES string of the molecule is O=C(OCCN(CCc1c[nH]c2ccccc12)Cc1ccc(C2C#CC2C(=O)NO)cc1)c1ccccc1. The Balaban J connectivity index is 1.24. The van der Waals surface area contributed by atoms with Crippen LogP contribution in [0.4, 0.5) is 0 Å². The highest BCUT2D eigenvalue weighted by Gasteiger charge is 2.32. The fourth-order valence-electron chi connectivity index (χ4n) is 4.71. The van der Waals surface area contributed by atoms with E-state index in [2.05, 4.69) is 40.1 Å². The molecule has 1 amide bonds. The number of hydrogen-bond acceptors (Lipinski definition) is 5. The summed E-state index contributed by atoms with van der Waals surface area (Å²) in [4.78, 5) is 29.8. The highest BCUT2D eigenvalue weighted by Crippen LogP contribution is 2.30. The van der Waals surface area contributed by atoms with E-state index in [-0.39, 0.29) is 18.5 Å². The average molecular weight is 508 g/mol. The van der Waals surface area contributed by atoms with E-state index in [0.717, 1.165) is 29.6 Å². The number of aromatic amines is 1.